The van der Waals surface area contributed by atoms with Crippen molar-refractivity contribution in [2.45, 2.75) is 51.0 Å². The van der Waals surface area contributed by atoms with Gasteiger partial charge in [0.15, 0.2) is 0 Å². The minimum absolute atomic E-state index is 0.104. The van der Waals surface area contributed by atoms with Crippen molar-refractivity contribution in [2.24, 2.45) is 11.7 Å². The standard InChI is InChI=1S/C22H30N4O6S/c1-4-7-24-22(31)32-16-11-13(20(29)26-15(19(23)28)9-12(2)3)10-14(18(16)27)25-21(30)17-6-5-8-33-17/h4-6,8,10,12,14-16,18,27H,1,7,9,11H2,2-3H3,(H2,23,28)(H,24,31)(H,25,30)(H,26,29). The number of alkyl carbamates (subject to hydrolysis) is 1. The van der Waals surface area contributed by atoms with Crippen molar-refractivity contribution in [3.63, 3.8) is 0 Å². The van der Waals surface area contributed by atoms with Crippen LogP contribution in [0.25, 0.3) is 0 Å². The van der Waals surface area contributed by atoms with E-state index in [2.05, 4.69) is 22.5 Å². The Kier molecular flexibility index (Phi) is 9.61. The van der Waals surface area contributed by atoms with Crippen molar-refractivity contribution >= 4 is 35.2 Å². The molecular weight excluding hydrogens is 448 g/mol. The second-order valence-corrected chi connectivity index (χ2v) is 8.98. The molecule has 0 spiro atoms. The number of nitrogens with one attached hydrogen (secondary N) is 3. The van der Waals surface area contributed by atoms with Gasteiger partial charge in [-0.3, -0.25) is 14.4 Å². The number of rotatable bonds is 10. The second kappa shape index (κ2) is 12.2. The fraction of sp³-hybridized carbons (Fsp3) is 0.455. The Hall–Kier alpha value is -3.18. The number of primary amides is 1. The average Bonchev–Trinajstić information content (AvgIpc) is 3.29. The molecule has 2 rings (SSSR count). The van der Waals surface area contributed by atoms with Crippen LogP contribution >= 0.6 is 11.3 Å². The Morgan fingerprint density at radius 3 is 2.64 bits per heavy atom. The molecule has 0 fully saturated rings. The van der Waals surface area contributed by atoms with E-state index in [1.54, 1.807) is 17.5 Å². The number of aliphatic hydroxyl groups excluding tert-OH is 1. The summed E-state index contributed by atoms with van der Waals surface area (Å²) < 4.78 is 5.30. The Labute approximate surface area is 196 Å². The molecule has 0 aromatic carbocycles. The summed E-state index contributed by atoms with van der Waals surface area (Å²) in [4.78, 5) is 49.7. The molecule has 1 aromatic heterocycles. The van der Waals surface area contributed by atoms with E-state index in [9.17, 15) is 24.3 Å². The molecule has 0 aliphatic heterocycles. The normalized spacial score (nSPS) is 20.8. The summed E-state index contributed by atoms with van der Waals surface area (Å²) in [6, 6.07) is 1.43. The van der Waals surface area contributed by atoms with Crippen LogP contribution in [0.3, 0.4) is 0 Å². The number of aliphatic hydroxyl groups is 1. The molecule has 1 heterocycles. The van der Waals surface area contributed by atoms with E-state index < -0.39 is 48.1 Å². The van der Waals surface area contributed by atoms with Crippen molar-refractivity contribution in [3.8, 4) is 0 Å². The number of carbonyl (C=O) groups is 4. The molecule has 11 heteroatoms. The van der Waals surface area contributed by atoms with Gasteiger partial charge in [0.05, 0.1) is 10.9 Å². The van der Waals surface area contributed by atoms with Gasteiger partial charge >= 0.3 is 6.09 Å². The van der Waals surface area contributed by atoms with Gasteiger partial charge in [0.2, 0.25) is 11.8 Å². The van der Waals surface area contributed by atoms with Gasteiger partial charge < -0.3 is 31.5 Å². The molecule has 0 bridgehead atoms. The Balaban J connectivity index is 2.24. The monoisotopic (exact) mass is 478 g/mol. The first kappa shape index (κ1) is 26.1. The summed E-state index contributed by atoms with van der Waals surface area (Å²) in [6.07, 6.45) is -0.139. The number of ether oxygens (including phenoxy) is 1. The zero-order chi connectivity index (χ0) is 24.5. The predicted molar refractivity (Wildman–Crippen MR) is 123 cm³/mol. The van der Waals surface area contributed by atoms with Crippen LogP contribution in [0.4, 0.5) is 4.79 Å². The van der Waals surface area contributed by atoms with Crippen LogP contribution in [-0.4, -0.2) is 59.8 Å². The molecule has 4 atom stereocenters. The first-order valence-electron chi connectivity index (χ1n) is 10.5. The smallest absolute Gasteiger partial charge is 0.407 e. The average molecular weight is 479 g/mol. The maximum absolute atomic E-state index is 12.9. The zero-order valence-corrected chi connectivity index (χ0v) is 19.4. The SMILES string of the molecule is C=CCNC(=O)OC1CC(C(=O)NC(CC(C)C)C(N)=O)=CC(NC(=O)c2cccs2)C1O. The fourth-order valence-corrected chi connectivity index (χ4v) is 3.92. The Morgan fingerprint density at radius 1 is 1.33 bits per heavy atom. The summed E-state index contributed by atoms with van der Waals surface area (Å²) in [5, 5.41) is 20.2. The molecule has 0 saturated heterocycles. The Morgan fingerprint density at radius 2 is 2.06 bits per heavy atom. The molecule has 6 N–H and O–H groups in total. The van der Waals surface area contributed by atoms with Gasteiger partial charge in [-0.2, -0.15) is 0 Å². The summed E-state index contributed by atoms with van der Waals surface area (Å²) in [6.45, 7) is 7.42. The third-order valence-corrected chi connectivity index (χ3v) is 5.76. The number of hydrogen-bond acceptors (Lipinski definition) is 7. The second-order valence-electron chi connectivity index (χ2n) is 8.03. The minimum atomic E-state index is -1.30. The first-order chi connectivity index (χ1) is 15.6. The van der Waals surface area contributed by atoms with E-state index in [4.69, 9.17) is 10.5 Å². The number of carbonyl (C=O) groups excluding carboxylic acids is 4. The number of nitrogens with two attached hydrogens (primary N) is 1. The third-order valence-electron chi connectivity index (χ3n) is 4.89. The highest BCUT2D eigenvalue weighted by molar-refractivity contribution is 7.12. The van der Waals surface area contributed by atoms with Gasteiger partial charge in [-0.15, -0.1) is 17.9 Å². The summed E-state index contributed by atoms with van der Waals surface area (Å²) in [5.41, 5.74) is 5.56. The Bertz CT molecular complexity index is 899. The highest BCUT2D eigenvalue weighted by Gasteiger charge is 2.38. The van der Waals surface area contributed by atoms with Crippen molar-refractivity contribution in [2.75, 3.05) is 6.54 Å². The fourth-order valence-electron chi connectivity index (χ4n) is 3.29. The molecule has 4 unspecified atom stereocenters. The molecule has 10 nitrogen and oxygen atoms in total. The quantitative estimate of drug-likeness (QED) is 0.313. The number of amides is 4. The van der Waals surface area contributed by atoms with Crippen LogP contribution in [0.2, 0.25) is 0 Å². The number of thiophene rings is 1. The van der Waals surface area contributed by atoms with Gasteiger partial charge in [0.25, 0.3) is 5.91 Å². The summed E-state index contributed by atoms with van der Waals surface area (Å²) in [7, 11) is 0. The first-order valence-corrected chi connectivity index (χ1v) is 11.4. The van der Waals surface area contributed by atoms with E-state index in [0.717, 1.165) is 0 Å². The molecule has 1 aliphatic rings. The molecule has 180 valence electrons. The number of hydrogen-bond donors (Lipinski definition) is 5. The molecule has 0 radical (unpaired) electrons. The maximum Gasteiger partial charge on any atom is 0.407 e. The van der Waals surface area contributed by atoms with Gasteiger partial charge in [0, 0.05) is 18.5 Å². The molecule has 0 saturated carbocycles. The zero-order valence-electron chi connectivity index (χ0n) is 18.6. The summed E-state index contributed by atoms with van der Waals surface area (Å²) >= 11 is 1.22. The van der Waals surface area contributed by atoms with Gasteiger partial charge in [-0.25, -0.2) is 4.79 Å². The predicted octanol–water partition coefficient (Wildman–Crippen LogP) is 0.835. The molecular formula is C22H30N4O6S. The topological polar surface area (TPSA) is 160 Å². The van der Waals surface area contributed by atoms with E-state index in [1.165, 1.54) is 23.5 Å². The molecule has 1 aliphatic carbocycles. The lowest BCUT2D eigenvalue weighted by Gasteiger charge is -2.33. The van der Waals surface area contributed by atoms with Crippen LogP contribution in [0, 0.1) is 5.92 Å². The van der Waals surface area contributed by atoms with Gasteiger partial charge in [-0.1, -0.05) is 32.1 Å². The van der Waals surface area contributed by atoms with Crippen LogP contribution in [0.1, 0.15) is 36.4 Å². The van der Waals surface area contributed by atoms with Crippen LogP contribution < -0.4 is 21.7 Å². The van der Waals surface area contributed by atoms with Crippen molar-refractivity contribution in [3.05, 3.63) is 46.7 Å². The minimum Gasteiger partial charge on any atom is -0.443 e. The lowest BCUT2D eigenvalue weighted by Crippen LogP contribution is -2.53. The van der Waals surface area contributed by atoms with Gasteiger partial charge in [-0.05, 0) is 23.8 Å². The van der Waals surface area contributed by atoms with Gasteiger partial charge in [0.1, 0.15) is 18.2 Å². The van der Waals surface area contributed by atoms with E-state index in [-0.39, 0.29) is 24.5 Å². The lowest BCUT2D eigenvalue weighted by molar-refractivity contribution is -0.126. The van der Waals surface area contributed by atoms with Crippen molar-refractivity contribution in [1.82, 2.24) is 16.0 Å². The molecule has 4 amide bonds. The molecule has 1 aromatic rings. The highest BCUT2D eigenvalue weighted by Crippen LogP contribution is 2.24. The van der Waals surface area contributed by atoms with Crippen LogP contribution in [-0.2, 0) is 14.3 Å². The maximum atomic E-state index is 12.9. The molecule has 33 heavy (non-hydrogen) atoms. The van der Waals surface area contributed by atoms with Crippen LogP contribution in [0.5, 0.6) is 0 Å². The highest BCUT2D eigenvalue weighted by atomic mass is 32.1. The lowest BCUT2D eigenvalue weighted by atomic mass is 9.89. The van der Waals surface area contributed by atoms with Crippen LogP contribution in [0.15, 0.2) is 41.8 Å². The van der Waals surface area contributed by atoms with E-state index in [1.807, 2.05) is 13.8 Å². The summed E-state index contributed by atoms with van der Waals surface area (Å²) in [5.74, 6) is -1.61. The van der Waals surface area contributed by atoms with E-state index in [0.29, 0.717) is 11.3 Å². The van der Waals surface area contributed by atoms with E-state index >= 15 is 0 Å². The third kappa shape index (κ3) is 7.72. The van der Waals surface area contributed by atoms with Crippen molar-refractivity contribution < 1.29 is 29.0 Å². The largest absolute Gasteiger partial charge is 0.443 e. The van der Waals surface area contributed by atoms with Crippen molar-refractivity contribution in [1.29, 1.82) is 0 Å².